The van der Waals surface area contributed by atoms with Crippen molar-refractivity contribution in [2.24, 2.45) is 0 Å². The summed E-state index contributed by atoms with van der Waals surface area (Å²) in [6, 6.07) is 0.502. The fraction of sp³-hybridized carbons (Fsp3) is 0.727. The molecule has 6 heteroatoms. The second-order valence-corrected chi connectivity index (χ2v) is 6.22. The number of aromatic nitrogens is 3. The standard InChI is InChI=1S/C11H18BrN5/c1-11(2,3)14-8-4-5-17(7-8)10-13-6-9(12)15-16-10/h6,8,14H,4-5,7H2,1-3H3/t8-/m0/s1. The van der Waals surface area contributed by atoms with E-state index in [0.717, 1.165) is 19.5 Å². The van der Waals surface area contributed by atoms with Crippen LogP contribution in [0.25, 0.3) is 0 Å². The summed E-state index contributed by atoms with van der Waals surface area (Å²) < 4.78 is 0.671. The molecule has 1 fully saturated rings. The van der Waals surface area contributed by atoms with Crippen LogP contribution in [0.1, 0.15) is 27.2 Å². The summed E-state index contributed by atoms with van der Waals surface area (Å²) in [6.07, 6.45) is 2.81. The summed E-state index contributed by atoms with van der Waals surface area (Å²) >= 11 is 3.24. The molecule has 17 heavy (non-hydrogen) atoms. The van der Waals surface area contributed by atoms with E-state index in [9.17, 15) is 0 Å². The van der Waals surface area contributed by atoms with Gasteiger partial charge in [-0.25, -0.2) is 4.98 Å². The van der Waals surface area contributed by atoms with Crippen molar-refractivity contribution in [2.75, 3.05) is 18.0 Å². The van der Waals surface area contributed by atoms with Gasteiger partial charge in [-0.05, 0) is 43.1 Å². The molecule has 5 nitrogen and oxygen atoms in total. The Morgan fingerprint density at radius 1 is 1.41 bits per heavy atom. The lowest BCUT2D eigenvalue weighted by molar-refractivity contribution is 0.373. The van der Waals surface area contributed by atoms with Crippen molar-refractivity contribution in [3.05, 3.63) is 10.8 Å². The molecule has 0 bridgehead atoms. The van der Waals surface area contributed by atoms with Gasteiger partial charge in [0.2, 0.25) is 5.95 Å². The maximum atomic E-state index is 4.27. The van der Waals surface area contributed by atoms with Crippen LogP contribution < -0.4 is 10.2 Å². The van der Waals surface area contributed by atoms with Crippen LogP contribution in [0.15, 0.2) is 10.8 Å². The number of halogens is 1. The summed E-state index contributed by atoms with van der Waals surface area (Å²) in [5, 5.41) is 11.6. The first-order valence-electron chi connectivity index (χ1n) is 5.82. The van der Waals surface area contributed by atoms with Gasteiger partial charge in [0.05, 0.1) is 6.20 Å². The molecular formula is C11H18BrN5. The van der Waals surface area contributed by atoms with Crippen molar-refractivity contribution in [1.29, 1.82) is 0 Å². The second-order valence-electron chi connectivity index (χ2n) is 5.41. The topological polar surface area (TPSA) is 53.9 Å². The van der Waals surface area contributed by atoms with Crippen LogP contribution in [-0.2, 0) is 0 Å². The summed E-state index contributed by atoms with van der Waals surface area (Å²) in [7, 11) is 0. The van der Waals surface area contributed by atoms with Crippen LogP contribution in [0.3, 0.4) is 0 Å². The van der Waals surface area contributed by atoms with Crippen LogP contribution >= 0.6 is 15.9 Å². The molecule has 1 N–H and O–H groups in total. The SMILES string of the molecule is CC(C)(C)N[C@H]1CCN(c2ncc(Br)nn2)C1. The molecule has 1 aromatic rings. The molecule has 1 atom stereocenters. The van der Waals surface area contributed by atoms with Gasteiger partial charge >= 0.3 is 0 Å². The normalized spacial score (nSPS) is 20.9. The Morgan fingerprint density at radius 2 is 2.18 bits per heavy atom. The lowest BCUT2D eigenvalue weighted by Crippen LogP contribution is -2.45. The minimum atomic E-state index is 0.152. The van der Waals surface area contributed by atoms with Gasteiger partial charge in [0.25, 0.3) is 0 Å². The highest BCUT2D eigenvalue weighted by atomic mass is 79.9. The zero-order valence-corrected chi connectivity index (χ0v) is 12.0. The van der Waals surface area contributed by atoms with Crippen molar-refractivity contribution in [3.63, 3.8) is 0 Å². The molecule has 1 saturated heterocycles. The number of nitrogens with zero attached hydrogens (tertiary/aromatic N) is 4. The van der Waals surface area contributed by atoms with Gasteiger partial charge in [-0.1, -0.05) is 0 Å². The van der Waals surface area contributed by atoms with Crippen molar-refractivity contribution in [1.82, 2.24) is 20.5 Å². The fourth-order valence-corrected chi connectivity index (χ4v) is 2.25. The van der Waals surface area contributed by atoms with Crippen LogP contribution in [0.4, 0.5) is 5.95 Å². The van der Waals surface area contributed by atoms with E-state index < -0.39 is 0 Å². The first-order valence-corrected chi connectivity index (χ1v) is 6.61. The van der Waals surface area contributed by atoms with Gasteiger partial charge in [-0.15, -0.1) is 10.2 Å². The molecule has 0 amide bonds. The van der Waals surface area contributed by atoms with E-state index in [1.54, 1.807) is 6.20 Å². The Labute approximate surface area is 110 Å². The molecule has 0 aromatic carbocycles. The monoisotopic (exact) mass is 299 g/mol. The highest BCUT2D eigenvalue weighted by Gasteiger charge is 2.27. The second kappa shape index (κ2) is 4.86. The van der Waals surface area contributed by atoms with Gasteiger partial charge < -0.3 is 10.2 Å². The van der Waals surface area contributed by atoms with Gasteiger partial charge in [0, 0.05) is 24.7 Å². The van der Waals surface area contributed by atoms with Gasteiger partial charge in [0.1, 0.15) is 4.60 Å². The van der Waals surface area contributed by atoms with Crippen molar-refractivity contribution in [3.8, 4) is 0 Å². The van der Waals surface area contributed by atoms with Crippen molar-refractivity contribution in [2.45, 2.75) is 38.8 Å². The lowest BCUT2D eigenvalue weighted by atomic mass is 10.1. The zero-order chi connectivity index (χ0) is 12.5. The summed E-state index contributed by atoms with van der Waals surface area (Å²) in [4.78, 5) is 6.44. The molecule has 2 rings (SSSR count). The zero-order valence-electron chi connectivity index (χ0n) is 10.4. The molecule has 0 aliphatic carbocycles. The van der Waals surface area contributed by atoms with Crippen molar-refractivity contribution < 1.29 is 0 Å². The maximum Gasteiger partial charge on any atom is 0.245 e. The third-order valence-electron chi connectivity index (χ3n) is 2.63. The molecule has 0 spiro atoms. The predicted molar refractivity (Wildman–Crippen MR) is 71.0 cm³/mol. The van der Waals surface area contributed by atoms with Crippen molar-refractivity contribution >= 4 is 21.9 Å². The van der Waals surface area contributed by atoms with E-state index in [1.165, 1.54) is 0 Å². The average molecular weight is 300 g/mol. The van der Waals surface area contributed by atoms with E-state index in [2.05, 4.69) is 62.1 Å². The number of rotatable bonds is 2. The minimum Gasteiger partial charge on any atom is -0.338 e. The fourth-order valence-electron chi connectivity index (χ4n) is 2.07. The lowest BCUT2D eigenvalue weighted by Gasteiger charge is -2.25. The van der Waals surface area contributed by atoms with Gasteiger partial charge in [0.15, 0.2) is 0 Å². The third-order valence-corrected chi connectivity index (χ3v) is 2.99. The molecule has 0 unspecified atom stereocenters. The smallest absolute Gasteiger partial charge is 0.245 e. The average Bonchev–Trinajstić information content (AvgIpc) is 2.64. The van der Waals surface area contributed by atoms with Gasteiger partial charge in [-0.2, -0.15) is 0 Å². The maximum absolute atomic E-state index is 4.27. The Bertz CT molecular complexity index is 372. The van der Waals surface area contributed by atoms with E-state index in [4.69, 9.17) is 0 Å². The Kier molecular flexibility index (Phi) is 3.63. The predicted octanol–water partition coefficient (Wildman–Crippen LogP) is 1.60. The van der Waals surface area contributed by atoms with E-state index >= 15 is 0 Å². The molecule has 94 valence electrons. The Morgan fingerprint density at radius 3 is 2.76 bits per heavy atom. The molecule has 1 aliphatic rings. The third kappa shape index (κ3) is 3.61. The summed E-state index contributed by atoms with van der Waals surface area (Å²) in [6.45, 7) is 8.49. The molecule has 0 saturated carbocycles. The minimum absolute atomic E-state index is 0.152. The van der Waals surface area contributed by atoms with E-state index in [0.29, 0.717) is 16.6 Å². The number of hydrogen-bond donors (Lipinski definition) is 1. The first-order chi connectivity index (χ1) is 7.94. The van der Waals surface area contributed by atoms with Crippen LogP contribution in [0.5, 0.6) is 0 Å². The Balaban J connectivity index is 1.96. The number of anilines is 1. The molecule has 1 aromatic heterocycles. The summed E-state index contributed by atoms with van der Waals surface area (Å²) in [5.41, 5.74) is 0.152. The first kappa shape index (κ1) is 12.7. The van der Waals surface area contributed by atoms with Crippen LogP contribution in [0, 0.1) is 0 Å². The highest BCUT2D eigenvalue weighted by Crippen LogP contribution is 2.17. The van der Waals surface area contributed by atoms with E-state index in [1.807, 2.05) is 0 Å². The van der Waals surface area contributed by atoms with Crippen LogP contribution in [0.2, 0.25) is 0 Å². The molecular weight excluding hydrogens is 282 g/mol. The van der Waals surface area contributed by atoms with E-state index in [-0.39, 0.29) is 5.54 Å². The number of hydrogen-bond acceptors (Lipinski definition) is 5. The van der Waals surface area contributed by atoms with Crippen LogP contribution in [-0.4, -0.2) is 39.9 Å². The van der Waals surface area contributed by atoms with Gasteiger partial charge in [-0.3, -0.25) is 0 Å². The quantitative estimate of drug-likeness (QED) is 0.899. The summed E-state index contributed by atoms with van der Waals surface area (Å²) in [5.74, 6) is 0.714. The molecule has 1 aliphatic heterocycles. The highest BCUT2D eigenvalue weighted by molar-refractivity contribution is 9.10. The molecule has 2 heterocycles. The Hall–Kier alpha value is -0.750. The molecule has 0 radical (unpaired) electrons. The largest absolute Gasteiger partial charge is 0.338 e. The number of nitrogens with one attached hydrogen (secondary N) is 1.